The highest BCUT2D eigenvalue weighted by molar-refractivity contribution is 7.91. The van der Waals surface area contributed by atoms with Crippen LogP contribution in [0.25, 0.3) is 0 Å². The van der Waals surface area contributed by atoms with Gasteiger partial charge in [0.25, 0.3) is 0 Å². The molecule has 2 unspecified atom stereocenters. The number of rotatable bonds is 6. The van der Waals surface area contributed by atoms with Gasteiger partial charge in [-0.1, -0.05) is 6.92 Å². The summed E-state index contributed by atoms with van der Waals surface area (Å²) < 4.78 is 25.3. The summed E-state index contributed by atoms with van der Waals surface area (Å²) in [4.78, 5) is 0. The van der Waals surface area contributed by atoms with Gasteiger partial charge in [-0.05, 0) is 20.3 Å². The van der Waals surface area contributed by atoms with E-state index >= 15 is 0 Å². The zero-order valence-electron chi connectivity index (χ0n) is 11.8. The van der Waals surface area contributed by atoms with Crippen molar-refractivity contribution in [1.82, 2.24) is 20.1 Å². The highest BCUT2D eigenvalue weighted by Gasteiger charge is 2.23. The molecule has 1 aliphatic heterocycles. The molecule has 0 bridgehead atoms. The van der Waals surface area contributed by atoms with E-state index < -0.39 is 9.84 Å². The Balaban J connectivity index is 1.99. The summed E-state index contributed by atoms with van der Waals surface area (Å²) in [5.74, 6) is 2.30. The lowest BCUT2D eigenvalue weighted by Gasteiger charge is -2.19. The minimum Gasteiger partial charge on any atom is -0.314 e. The molecule has 108 valence electrons. The van der Waals surface area contributed by atoms with Gasteiger partial charge in [-0.25, -0.2) is 8.42 Å². The molecule has 2 rings (SSSR count). The zero-order valence-corrected chi connectivity index (χ0v) is 12.6. The summed E-state index contributed by atoms with van der Waals surface area (Å²) in [5, 5.41) is 11.7. The lowest BCUT2D eigenvalue weighted by atomic mass is 10.2. The van der Waals surface area contributed by atoms with Crippen LogP contribution in [0.1, 0.15) is 44.9 Å². The van der Waals surface area contributed by atoms with Crippen LogP contribution in [0.15, 0.2) is 0 Å². The summed E-state index contributed by atoms with van der Waals surface area (Å²) in [7, 11) is -2.95. The number of nitrogens with one attached hydrogen (secondary N) is 1. The van der Waals surface area contributed by atoms with Crippen LogP contribution in [0.5, 0.6) is 0 Å². The second-order valence-electron chi connectivity index (χ2n) is 5.22. The van der Waals surface area contributed by atoms with Gasteiger partial charge in [-0.3, -0.25) is 0 Å². The monoisotopic (exact) mass is 286 g/mol. The summed E-state index contributed by atoms with van der Waals surface area (Å²) >= 11 is 0. The smallest absolute Gasteiger partial charge is 0.151 e. The molecule has 0 saturated heterocycles. The molecule has 19 heavy (non-hydrogen) atoms. The van der Waals surface area contributed by atoms with Crippen molar-refractivity contribution >= 4 is 9.84 Å². The van der Waals surface area contributed by atoms with E-state index in [1.807, 2.05) is 13.8 Å². The molecule has 1 N–H and O–H groups in total. The minimum atomic E-state index is -2.95. The molecule has 6 nitrogen and oxygen atoms in total. The first-order valence-electron chi connectivity index (χ1n) is 6.81. The van der Waals surface area contributed by atoms with Crippen molar-refractivity contribution in [2.24, 2.45) is 0 Å². The molecule has 1 aliphatic rings. The minimum absolute atomic E-state index is 0.0152. The average molecular weight is 286 g/mol. The molecule has 0 aromatic carbocycles. The van der Waals surface area contributed by atoms with Crippen molar-refractivity contribution in [1.29, 1.82) is 0 Å². The van der Waals surface area contributed by atoms with Gasteiger partial charge < -0.3 is 9.88 Å². The fraction of sp³-hybridized carbons (Fsp3) is 0.833. The molecule has 2 atom stereocenters. The van der Waals surface area contributed by atoms with E-state index in [2.05, 4.69) is 20.1 Å². The quantitative estimate of drug-likeness (QED) is 0.833. The first-order chi connectivity index (χ1) is 8.93. The van der Waals surface area contributed by atoms with Gasteiger partial charge in [-0.15, -0.1) is 10.2 Å². The van der Waals surface area contributed by atoms with Crippen LogP contribution in [0, 0.1) is 0 Å². The standard InChI is InChI=1S/C12H22N4O2S/c1-4-19(17,18)8-9(2)13-10(3)12-15-14-11-6-5-7-16(11)12/h9-10,13H,4-8H2,1-3H3. The molecule has 7 heteroatoms. The summed E-state index contributed by atoms with van der Waals surface area (Å²) in [6.45, 7) is 6.54. The third-order valence-corrected chi connectivity index (χ3v) is 5.39. The second kappa shape index (κ2) is 5.58. The first kappa shape index (κ1) is 14.5. The van der Waals surface area contributed by atoms with Crippen molar-refractivity contribution in [2.45, 2.75) is 52.2 Å². The van der Waals surface area contributed by atoms with Crippen LogP contribution in [0.2, 0.25) is 0 Å². The highest BCUT2D eigenvalue weighted by Crippen LogP contribution is 2.19. The molecule has 0 amide bonds. The largest absolute Gasteiger partial charge is 0.314 e. The highest BCUT2D eigenvalue weighted by atomic mass is 32.2. The number of sulfone groups is 1. The molecular weight excluding hydrogens is 264 g/mol. The van der Waals surface area contributed by atoms with Crippen LogP contribution < -0.4 is 5.32 Å². The Labute approximate surface area is 114 Å². The maximum atomic E-state index is 11.6. The molecule has 1 aromatic rings. The van der Waals surface area contributed by atoms with Crippen molar-refractivity contribution in [2.75, 3.05) is 11.5 Å². The number of hydrogen-bond acceptors (Lipinski definition) is 5. The number of aromatic nitrogens is 3. The van der Waals surface area contributed by atoms with Crippen molar-refractivity contribution in [3.63, 3.8) is 0 Å². The average Bonchev–Trinajstić information content (AvgIpc) is 2.88. The molecule has 0 radical (unpaired) electrons. The van der Waals surface area contributed by atoms with Crippen LogP contribution >= 0.6 is 0 Å². The van der Waals surface area contributed by atoms with Crippen LogP contribution in [-0.4, -0.2) is 40.7 Å². The van der Waals surface area contributed by atoms with Crippen molar-refractivity contribution in [3.05, 3.63) is 11.6 Å². The number of aryl methyl sites for hydroxylation is 1. The SMILES string of the molecule is CCS(=O)(=O)CC(C)NC(C)c1nnc2n1CCC2. The fourth-order valence-electron chi connectivity index (χ4n) is 2.54. The molecule has 0 aliphatic carbocycles. The summed E-state index contributed by atoms with van der Waals surface area (Å²) in [5.41, 5.74) is 0. The molecule has 2 heterocycles. The normalized spacial score (nSPS) is 18.3. The predicted octanol–water partition coefficient (Wildman–Crippen LogP) is 0.698. The summed E-state index contributed by atoms with van der Waals surface area (Å²) in [6, 6.07) is -0.0734. The van der Waals surface area contributed by atoms with Crippen LogP contribution in [0.3, 0.4) is 0 Å². The second-order valence-corrected chi connectivity index (χ2v) is 7.62. The fourth-order valence-corrected chi connectivity index (χ4v) is 3.64. The Morgan fingerprint density at radius 1 is 1.37 bits per heavy atom. The third kappa shape index (κ3) is 3.33. The van der Waals surface area contributed by atoms with E-state index in [4.69, 9.17) is 0 Å². The van der Waals surface area contributed by atoms with E-state index in [1.54, 1.807) is 6.92 Å². The Hall–Kier alpha value is -0.950. The third-order valence-electron chi connectivity index (χ3n) is 3.50. The van der Waals surface area contributed by atoms with Crippen LogP contribution in [-0.2, 0) is 22.8 Å². The predicted molar refractivity (Wildman–Crippen MR) is 73.7 cm³/mol. The van der Waals surface area contributed by atoms with E-state index in [9.17, 15) is 8.42 Å². The van der Waals surface area contributed by atoms with Gasteiger partial charge in [-0.2, -0.15) is 0 Å². The Morgan fingerprint density at radius 2 is 2.11 bits per heavy atom. The summed E-state index contributed by atoms with van der Waals surface area (Å²) in [6.07, 6.45) is 2.10. The van der Waals surface area contributed by atoms with Gasteiger partial charge in [0.1, 0.15) is 11.6 Å². The molecular formula is C12H22N4O2S. The molecule has 0 saturated carbocycles. The lowest BCUT2D eigenvalue weighted by Crippen LogP contribution is -2.36. The molecule has 1 aromatic heterocycles. The van der Waals surface area contributed by atoms with E-state index in [0.717, 1.165) is 31.0 Å². The lowest BCUT2D eigenvalue weighted by molar-refractivity contribution is 0.466. The number of nitrogens with zero attached hydrogens (tertiary/aromatic N) is 3. The van der Waals surface area contributed by atoms with Gasteiger partial charge in [0.05, 0.1) is 11.8 Å². The Kier molecular flexibility index (Phi) is 4.25. The number of hydrogen-bond donors (Lipinski definition) is 1. The Morgan fingerprint density at radius 3 is 2.79 bits per heavy atom. The number of fused-ring (bicyclic) bond motifs is 1. The van der Waals surface area contributed by atoms with Gasteiger partial charge >= 0.3 is 0 Å². The topological polar surface area (TPSA) is 76.9 Å². The molecule has 0 spiro atoms. The zero-order chi connectivity index (χ0) is 14.0. The van der Waals surface area contributed by atoms with Crippen LogP contribution in [0.4, 0.5) is 0 Å². The van der Waals surface area contributed by atoms with E-state index in [-0.39, 0.29) is 23.6 Å². The van der Waals surface area contributed by atoms with E-state index in [1.165, 1.54) is 0 Å². The van der Waals surface area contributed by atoms with Crippen molar-refractivity contribution < 1.29 is 8.42 Å². The van der Waals surface area contributed by atoms with E-state index in [0.29, 0.717) is 0 Å². The van der Waals surface area contributed by atoms with Gasteiger partial charge in [0.2, 0.25) is 0 Å². The first-order valence-corrected chi connectivity index (χ1v) is 8.63. The van der Waals surface area contributed by atoms with Crippen molar-refractivity contribution in [3.8, 4) is 0 Å². The maximum absolute atomic E-state index is 11.6. The van der Waals surface area contributed by atoms with Gasteiger partial charge in [0.15, 0.2) is 9.84 Å². The molecule has 0 fully saturated rings. The maximum Gasteiger partial charge on any atom is 0.151 e. The Bertz CT molecular complexity index is 538. The van der Waals surface area contributed by atoms with Gasteiger partial charge in [0, 0.05) is 24.8 Å².